The molecular weight excluding hydrogens is 240 g/mol. The Bertz CT molecular complexity index is 390. The van der Waals surface area contributed by atoms with Crippen molar-refractivity contribution in [1.29, 1.82) is 0 Å². The van der Waals surface area contributed by atoms with Crippen molar-refractivity contribution in [3.05, 3.63) is 18.5 Å². The van der Waals surface area contributed by atoms with Crippen LogP contribution < -0.4 is 10.6 Å². The zero-order valence-electron chi connectivity index (χ0n) is 11.8. The Balaban J connectivity index is 1.70. The normalized spacial score (nSPS) is 24.9. The number of carbonyl (C=O) groups is 1. The molecule has 0 spiro atoms. The molecule has 3 atom stereocenters. The summed E-state index contributed by atoms with van der Waals surface area (Å²) in [5.74, 6) is 0.775. The van der Waals surface area contributed by atoms with Crippen LogP contribution in [0.15, 0.2) is 18.5 Å². The molecule has 106 valence electrons. The lowest BCUT2D eigenvalue weighted by Gasteiger charge is -2.27. The highest BCUT2D eigenvalue weighted by molar-refractivity contribution is 5.78. The molecule has 5 heteroatoms. The number of nitrogens with zero attached hydrogens (tertiary/aromatic N) is 2. The first-order chi connectivity index (χ1) is 9.15. The van der Waals surface area contributed by atoms with Gasteiger partial charge in [-0.2, -0.15) is 5.10 Å². The molecule has 1 fully saturated rings. The first-order valence-electron chi connectivity index (χ1n) is 7.13. The number of carbonyl (C=O) groups excluding carboxylic acids is 1. The van der Waals surface area contributed by atoms with Crippen molar-refractivity contribution in [2.45, 2.75) is 39.3 Å². The third-order valence-electron chi connectivity index (χ3n) is 3.68. The largest absolute Gasteiger partial charge is 0.356 e. The predicted octanol–water partition coefficient (Wildman–Crippen LogP) is 1.02. The Hall–Kier alpha value is -1.36. The quantitative estimate of drug-likeness (QED) is 0.835. The van der Waals surface area contributed by atoms with E-state index in [0.29, 0.717) is 12.0 Å². The summed E-state index contributed by atoms with van der Waals surface area (Å²) >= 11 is 0. The second kappa shape index (κ2) is 6.70. The molecule has 5 nitrogen and oxygen atoms in total. The molecule has 1 aromatic heterocycles. The number of rotatable bonds is 5. The molecule has 1 saturated heterocycles. The predicted molar refractivity (Wildman–Crippen MR) is 74.6 cm³/mol. The fraction of sp³-hybridized carbons (Fsp3) is 0.714. The van der Waals surface area contributed by atoms with Crippen molar-refractivity contribution in [2.24, 2.45) is 11.8 Å². The first kappa shape index (κ1) is 14.1. The van der Waals surface area contributed by atoms with Gasteiger partial charge in [-0.3, -0.25) is 9.48 Å². The Morgan fingerprint density at radius 3 is 3.16 bits per heavy atom. The van der Waals surface area contributed by atoms with Crippen molar-refractivity contribution in [1.82, 2.24) is 20.4 Å². The van der Waals surface area contributed by atoms with Crippen LogP contribution in [0.25, 0.3) is 0 Å². The molecule has 1 amide bonds. The van der Waals surface area contributed by atoms with Crippen molar-refractivity contribution >= 4 is 5.91 Å². The summed E-state index contributed by atoms with van der Waals surface area (Å²) in [5.41, 5.74) is 0. The third-order valence-corrected chi connectivity index (χ3v) is 3.68. The van der Waals surface area contributed by atoms with E-state index < -0.39 is 0 Å². The number of hydrogen-bond donors (Lipinski definition) is 2. The molecule has 2 N–H and O–H groups in total. The summed E-state index contributed by atoms with van der Waals surface area (Å²) in [6, 6.07) is 2.37. The molecule has 0 aromatic carbocycles. The van der Waals surface area contributed by atoms with E-state index in [9.17, 15) is 4.79 Å². The standard InChI is InChI=1S/C14H24N4O/c1-11(10-18-7-3-5-17-18)9-16-14(19)13-4-6-15-12(2)8-13/h3,5,7,11-13,15H,4,6,8-10H2,1-2H3,(H,16,19)/t11?,12-,13-/m0/s1. The minimum Gasteiger partial charge on any atom is -0.356 e. The van der Waals surface area contributed by atoms with Gasteiger partial charge >= 0.3 is 0 Å². The summed E-state index contributed by atoms with van der Waals surface area (Å²) in [7, 11) is 0. The van der Waals surface area contributed by atoms with Gasteiger partial charge in [0.15, 0.2) is 0 Å². The van der Waals surface area contributed by atoms with E-state index in [4.69, 9.17) is 0 Å². The minimum atomic E-state index is 0.174. The van der Waals surface area contributed by atoms with Crippen molar-refractivity contribution in [2.75, 3.05) is 13.1 Å². The van der Waals surface area contributed by atoms with Crippen LogP contribution in [0, 0.1) is 11.8 Å². The number of piperidine rings is 1. The van der Waals surface area contributed by atoms with Gasteiger partial charge in [-0.05, 0) is 38.3 Å². The number of nitrogens with one attached hydrogen (secondary N) is 2. The van der Waals surface area contributed by atoms with E-state index in [1.165, 1.54) is 0 Å². The Labute approximate surface area is 114 Å². The highest BCUT2D eigenvalue weighted by Crippen LogP contribution is 2.16. The summed E-state index contributed by atoms with van der Waals surface area (Å²) in [6.45, 7) is 6.78. The van der Waals surface area contributed by atoms with E-state index in [1.54, 1.807) is 6.20 Å². The Morgan fingerprint density at radius 1 is 1.63 bits per heavy atom. The summed E-state index contributed by atoms with van der Waals surface area (Å²) in [4.78, 5) is 12.1. The summed E-state index contributed by atoms with van der Waals surface area (Å²) < 4.78 is 1.91. The highest BCUT2D eigenvalue weighted by Gasteiger charge is 2.24. The first-order valence-corrected chi connectivity index (χ1v) is 7.13. The Kier molecular flexibility index (Phi) is 4.96. The van der Waals surface area contributed by atoms with Gasteiger partial charge in [0.25, 0.3) is 0 Å². The molecule has 19 heavy (non-hydrogen) atoms. The van der Waals surface area contributed by atoms with Gasteiger partial charge in [-0.25, -0.2) is 0 Å². The number of hydrogen-bond acceptors (Lipinski definition) is 3. The fourth-order valence-corrected chi connectivity index (χ4v) is 2.58. The Morgan fingerprint density at radius 2 is 2.47 bits per heavy atom. The van der Waals surface area contributed by atoms with Crippen molar-refractivity contribution in [3.63, 3.8) is 0 Å². The molecule has 0 radical (unpaired) electrons. The van der Waals surface area contributed by atoms with Crippen LogP contribution in [-0.4, -0.2) is 34.8 Å². The van der Waals surface area contributed by atoms with Gasteiger partial charge < -0.3 is 10.6 Å². The molecule has 2 rings (SSSR count). The van der Waals surface area contributed by atoms with Gasteiger partial charge in [0, 0.05) is 37.4 Å². The van der Waals surface area contributed by atoms with E-state index in [0.717, 1.165) is 32.5 Å². The molecule has 2 heterocycles. The third kappa shape index (κ3) is 4.35. The smallest absolute Gasteiger partial charge is 0.223 e. The van der Waals surface area contributed by atoms with Crippen LogP contribution in [-0.2, 0) is 11.3 Å². The van der Waals surface area contributed by atoms with E-state index >= 15 is 0 Å². The zero-order chi connectivity index (χ0) is 13.7. The number of amides is 1. The average Bonchev–Trinajstić information content (AvgIpc) is 2.88. The van der Waals surface area contributed by atoms with Gasteiger partial charge in [0.2, 0.25) is 5.91 Å². The van der Waals surface area contributed by atoms with Gasteiger partial charge in [-0.1, -0.05) is 6.92 Å². The van der Waals surface area contributed by atoms with Gasteiger partial charge in [-0.15, -0.1) is 0 Å². The van der Waals surface area contributed by atoms with Crippen LogP contribution in [0.4, 0.5) is 0 Å². The van der Waals surface area contributed by atoms with Crippen molar-refractivity contribution < 1.29 is 4.79 Å². The van der Waals surface area contributed by atoms with E-state index in [1.807, 2.05) is 16.9 Å². The molecule has 0 aliphatic carbocycles. The number of aromatic nitrogens is 2. The monoisotopic (exact) mass is 264 g/mol. The molecule has 1 aliphatic rings. The van der Waals surface area contributed by atoms with Crippen LogP contribution >= 0.6 is 0 Å². The van der Waals surface area contributed by atoms with Gasteiger partial charge in [0.1, 0.15) is 0 Å². The average molecular weight is 264 g/mol. The maximum absolute atomic E-state index is 12.1. The maximum Gasteiger partial charge on any atom is 0.223 e. The minimum absolute atomic E-state index is 0.174. The SMILES string of the molecule is CC(CNC(=O)[C@H]1CCN[C@@H](C)C1)Cn1cccn1. The lowest BCUT2D eigenvalue weighted by atomic mass is 9.92. The second-order valence-corrected chi connectivity index (χ2v) is 5.65. The molecule has 1 aliphatic heterocycles. The highest BCUT2D eigenvalue weighted by atomic mass is 16.1. The molecule has 0 bridgehead atoms. The van der Waals surface area contributed by atoms with Crippen LogP contribution in [0.2, 0.25) is 0 Å². The molecule has 1 unspecified atom stereocenters. The van der Waals surface area contributed by atoms with Crippen LogP contribution in [0.5, 0.6) is 0 Å². The molecular formula is C14H24N4O. The molecule has 0 saturated carbocycles. The van der Waals surface area contributed by atoms with Gasteiger partial charge in [0.05, 0.1) is 0 Å². The fourth-order valence-electron chi connectivity index (χ4n) is 2.58. The summed E-state index contributed by atoms with van der Waals surface area (Å²) in [6.07, 6.45) is 5.62. The second-order valence-electron chi connectivity index (χ2n) is 5.65. The van der Waals surface area contributed by atoms with Crippen LogP contribution in [0.1, 0.15) is 26.7 Å². The van der Waals surface area contributed by atoms with Crippen LogP contribution in [0.3, 0.4) is 0 Å². The topological polar surface area (TPSA) is 59.0 Å². The lowest BCUT2D eigenvalue weighted by molar-refractivity contribution is -0.126. The van der Waals surface area contributed by atoms with Crippen molar-refractivity contribution in [3.8, 4) is 0 Å². The molecule has 1 aromatic rings. The van der Waals surface area contributed by atoms with E-state index in [2.05, 4.69) is 29.6 Å². The lowest BCUT2D eigenvalue weighted by Crippen LogP contribution is -2.43. The maximum atomic E-state index is 12.1. The zero-order valence-corrected chi connectivity index (χ0v) is 11.8. The van der Waals surface area contributed by atoms with E-state index in [-0.39, 0.29) is 11.8 Å². The summed E-state index contributed by atoms with van der Waals surface area (Å²) in [5, 5.41) is 10.6.